The largest absolute Gasteiger partial charge is 0.348 e. The zero-order chi connectivity index (χ0) is 16.1. The SMILES string of the molecule is CN(C)Cc1ccc(CNC(=O)c2ccc(F)c(F)c2)cc1. The fourth-order valence-electron chi connectivity index (χ4n) is 2.05. The highest BCUT2D eigenvalue weighted by Gasteiger charge is 2.09. The summed E-state index contributed by atoms with van der Waals surface area (Å²) in [6.45, 7) is 1.18. The molecule has 116 valence electrons. The van der Waals surface area contributed by atoms with E-state index in [2.05, 4.69) is 10.2 Å². The van der Waals surface area contributed by atoms with Crippen molar-refractivity contribution in [3.63, 3.8) is 0 Å². The minimum Gasteiger partial charge on any atom is -0.348 e. The van der Waals surface area contributed by atoms with Crippen LogP contribution in [0.15, 0.2) is 42.5 Å². The zero-order valence-electron chi connectivity index (χ0n) is 12.6. The third kappa shape index (κ3) is 4.36. The Morgan fingerprint density at radius 3 is 2.23 bits per heavy atom. The average molecular weight is 304 g/mol. The van der Waals surface area contributed by atoms with Gasteiger partial charge in [-0.15, -0.1) is 0 Å². The Balaban J connectivity index is 1.94. The molecule has 0 atom stereocenters. The highest BCUT2D eigenvalue weighted by molar-refractivity contribution is 5.94. The topological polar surface area (TPSA) is 32.3 Å². The molecule has 0 unspecified atom stereocenters. The number of benzene rings is 2. The van der Waals surface area contributed by atoms with Crippen LogP contribution in [0.3, 0.4) is 0 Å². The van der Waals surface area contributed by atoms with Crippen molar-refractivity contribution in [1.29, 1.82) is 0 Å². The molecule has 2 rings (SSSR count). The van der Waals surface area contributed by atoms with E-state index in [1.54, 1.807) is 0 Å². The maximum atomic E-state index is 13.1. The van der Waals surface area contributed by atoms with Crippen molar-refractivity contribution in [1.82, 2.24) is 10.2 Å². The van der Waals surface area contributed by atoms with E-state index in [0.717, 1.165) is 24.2 Å². The number of hydrogen-bond acceptors (Lipinski definition) is 2. The van der Waals surface area contributed by atoms with Crippen LogP contribution in [0.4, 0.5) is 8.78 Å². The first-order valence-corrected chi connectivity index (χ1v) is 6.91. The van der Waals surface area contributed by atoms with Gasteiger partial charge in [0.1, 0.15) is 0 Å². The summed E-state index contributed by atoms with van der Waals surface area (Å²) in [6.07, 6.45) is 0. The zero-order valence-corrected chi connectivity index (χ0v) is 12.6. The fraction of sp³-hybridized carbons (Fsp3) is 0.235. The van der Waals surface area contributed by atoms with Crippen LogP contribution in [0.25, 0.3) is 0 Å². The van der Waals surface area contributed by atoms with Crippen molar-refractivity contribution >= 4 is 5.91 Å². The molecule has 2 aromatic rings. The lowest BCUT2D eigenvalue weighted by Gasteiger charge is -2.10. The molecule has 0 radical (unpaired) electrons. The third-order valence-corrected chi connectivity index (χ3v) is 3.16. The van der Waals surface area contributed by atoms with E-state index in [4.69, 9.17) is 0 Å². The van der Waals surface area contributed by atoms with Gasteiger partial charge in [0.2, 0.25) is 0 Å². The van der Waals surface area contributed by atoms with Gasteiger partial charge in [0.15, 0.2) is 11.6 Å². The van der Waals surface area contributed by atoms with Gasteiger partial charge in [-0.2, -0.15) is 0 Å². The number of nitrogens with one attached hydrogen (secondary N) is 1. The van der Waals surface area contributed by atoms with Gasteiger partial charge in [0.25, 0.3) is 5.91 Å². The molecule has 0 aromatic heterocycles. The number of hydrogen-bond donors (Lipinski definition) is 1. The van der Waals surface area contributed by atoms with E-state index in [0.29, 0.717) is 6.54 Å². The summed E-state index contributed by atoms with van der Waals surface area (Å²) in [5, 5.41) is 2.68. The van der Waals surface area contributed by atoms with Gasteiger partial charge in [-0.3, -0.25) is 4.79 Å². The second-order valence-electron chi connectivity index (χ2n) is 5.37. The molecule has 0 bridgehead atoms. The normalized spacial score (nSPS) is 10.8. The molecule has 2 aromatic carbocycles. The number of rotatable bonds is 5. The van der Waals surface area contributed by atoms with Gasteiger partial charge in [-0.1, -0.05) is 24.3 Å². The van der Waals surface area contributed by atoms with Crippen LogP contribution < -0.4 is 5.32 Å². The van der Waals surface area contributed by atoms with E-state index < -0.39 is 17.5 Å². The molecule has 1 amide bonds. The molecule has 0 saturated heterocycles. The Morgan fingerprint density at radius 1 is 1.00 bits per heavy atom. The summed E-state index contributed by atoms with van der Waals surface area (Å²) in [5.41, 5.74) is 2.22. The van der Waals surface area contributed by atoms with E-state index >= 15 is 0 Å². The molecule has 0 aliphatic heterocycles. The van der Waals surface area contributed by atoms with Crippen LogP contribution in [0, 0.1) is 11.6 Å². The summed E-state index contributed by atoms with van der Waals surface area (Å²) >= 11 is 0. The summed E-state index contributed by atoms with van der Waals surface area (Å²) < 4.78 is 25.9. The van der Waals surface area contributed by atoms with Crippen molar-refractivity contribution in [2.24, 2.45) is 0 Å². The average Bonchev–Trinajstić information content (AvgIpc) is 2.48. The first-order chi connectivity index (χ1) is 10.5. The lowest BCUT2D eigenvalue weighted by molar-refractivity contribution is 0.0950. The lowest BCUT2D eigenvalue weighted by atomic mass is 10.1. The molecule has 22 heavy (non-hydrogen) atoms. The van der Waals surface area contributed by atoms with Crippen LogP contribution in [0.1, 0.15) is 21.5 Å². The first kappa shape index (κ1) is 16.1. The fourth-order valence-corrected chi connectivity index (χ4v) is 2.05. The minimum atomic E-state index is -1.03. The molecule has 0 saturated carbocycles. The molecule has 5 heteroatoms. The highest BCUT2D eigenvalue weighted by atomic mass is 19.2. The van der Waals surface area contributed by atoms with E-state index in [1.807, 2.05) is 38.4 Å². The molecular weight excluding hydrogens is 286 g/mol. The predicted octanol–water partition coefficient (Wildman–Crippen LogP) is 2.96. The monoisotopic (exact) mass is 304 g/mol. The van der Waals surface area contributed by atoms with Gasteiger partial charge < -0.3 is 10.2 Å². The number of nitrogens with zero attached hydrogens (tertiary/aromatic N) is 1. The quantitative estimate of drug-likeness (QED) is 0.921. The van der Waals surface area contributed by atoms with Crippen LogP contribution in [-0.2, 0) is 13.1 Å². The maximum Gasteiger partial charge on any atom is 0.251 e. The van der Waals surface area contributed by atoms with Crippen molar-refractivity contribution < 1.29 is 13.6 Å². The summed E-state index contributed by atoms with van der Waals surface area (Å²) in [5.74, 6) is -2.43. The van der Waals surface area contributed by atoms with Gasteiger partial charge in [-0.05, 0) is 43.4 Å². The first-order valence-electron chi connectivity index (χ1n) is 6.91. The Morgan fingerprint density at radius 2 is 1.64 bits per heavy atom. The van der Waals surface area contributed by atoms with Gasteiger partial charge in [0.05, 0.1) is 0 Å². The van der Waals surface area contributed by atoms with Crippen molar-refractivity contribution in [3.8, 4) is 0 Å². The second kappa shape index (κ2) is 7.13. The maximum absolute atomic E-state index is 13.1. The van der Waals surface area contributed by atoms with Crippen LogP contribution in [0.2, 0.25) is 0 Å². The lowest BCUT2D eigenvalue weighted by Crippen LogP contribution is -2.23. The Labute approximate surface area is 128 Å². The van der Waals surface area contributed by atoms with Crippen molar-refractivity contribution in [3.05, 3.63) is 70.8 Å². The van der Waals surface area contributed by atoms with Crippen LogP contribution in [0.5, 0.6) is 0 Å². The predicted molar refractivity (Wildman–Crippen MR) is 81.4 cm³/mol. The second-order valence-corrected chi connectivity index (χ2v) is 5.37. The third-order valence-electron chi connectivity index (χ3n) is 3.16. The molecule has 0 heterocycles. The molecule has 0 aliphatic carbocycles. The molecular formula is C17H18F2N2O. The van der Waals surface area contributed by atoms with Gasteiger partial charge in [-0.25, -0.2) is 8.78 Å². The van der Waals surface area contributed by atoms with E-state index in [1.165, 1.54) is 11.6 Å². The number of amides is 1. The summed E-state index contributed by atoms with van der Waals surface area (Å²) in [7, 11) is 3.99. The number of carbonyl (C=O) groups is 1. The standard InChI is InChI=1S/C17H18F2N2O/c1-21(2)11-13-5-3-12(4-6-13)10-20-17(22)14-7-8-15(18)16(19)9-14/h3-9H,10-11H2,1-2H3,(H,20,22). The molecule has 0 fully saturated rings. The summed E-state index contributed by atoms with van der Waals surface area (Å²) in [6, 6.07) is 11.0. The van der Waals surface area contributed by atoms with Crippen molar-refractivity contribution in [2.75, 3.05) is 14.1 Å². The Bertz CT molecular complexity index is 654. The molecule has 1 N–H and O–H groups in total. The molecule has 0 aliphatic rings. The minimum absolute atomic E-state index is 0.100. The van der Waals surface area contributed by atoms with Crippen LogP contribution >= 0.6 is 0 Å². The van der Waals surface area contributed by atoms with Crippen LogP contribution in [-0.4, -0.2) is 24.9 Å². The number of halogens is 2. The highest BCUT2D eigenvalue weighted by Crippen LogP contribution is 2.10. The van der Waals surface area contributed by atoms with E-state index in [9.17, 15) is 13.6 Å². The number of carbonyl (C=O) groups excluding carboxylic acids is 1. The smallest absolute Gasteiger partial charge is 0.251 e. The van der Waals surface area contributed by atoms with E-state index in [-0.39, 0.29) is 5.56 Å². The van der Waals surface area contributed by atoms with Gasteiger partial charge in [0, 0.05) is 18.7 Å². The van der Waals surface area contributed by atoms with Crippen molar-refractivity contribution in [2.45, 2.75) is 13.1 Å². The summed E-state index contributed by atoms with van der Waals surface area (Å²) in [4.78, 5) is 14.0. The Kier molecular flexibility index (Phi) is 5.22. The molecule has 3 nitrogen and oxygen atoms in total. The Hall–Kier alpha value is -2.27. The molecule has 0 spiro atoms. The van der Waals surface area contributed by atoms with Gasteiger partial charge >= 0.3 is 0 Å².